The van der Waals surface area contributed by atoms with Gasteiger partial charge in [0.2, 0.25) is 0 Å². The Kier molecular flexibility index (Phi) is 9.20. The molecule has 4 N–H and O–H groups in total. The molecule has 4 aromatic rings. The van der Waals surface area contributed by atoms with Gasteiger partial charge in [-0.1, -0.05) is 89.9 Å². The average Bonchev–Trinajstić information content (AvgIpc) is 2.91. The monoisotopic (exact) mass is 561 g/mol. The van der Waals surface area contributed by atoms with Crippen molar-refractivity contribution in [3.8, 4) is 0 Å². The molecule has 9 heteroatoms. The number of aliphatic carboxylic acids is 1. The molecule has 0 spiro atoms. The van der Waals surface area contributed by atoms with E-state index in [1.54, 1.807) is 54.6 Å². The zero-order chi connectivity index (χ0) is 27.8. The van der Waals surface area contributed by atoms with Crippen LogP contribution in [0.1, 0.15) is 27.0 Å². The Morgan fingerprint density at radius 1 is 0.718 bits per heavy atom. The smallest absolute Gasteiger partial charge is 0.326 e. The lowest BCUT2D eigenvalue weighted by Crippen LogP contribution is -2.44. The third kappa shape index (κ3) is 7.60. The van der Waals surface area contributed by atoms with Crippen LogP contribution in [-0.4, -0.2) is 29.1 Å². The summed E-state index contributed by atoms with van der Waals surface area (Å²) in [6.07, 6.45) is 0.657. The molecular formula is C30H25Cl2N3O4. The fourth-order valence-corrected chi connectivity index (χ4v) is 4.57. The van der Waals surface area contributed by atoms with Gasteiger partial charge in [-0.2, -0.15) is 0 Å². The predicted molar refractivity (Wildman–Crippen MR) is 154 cm³/mol. The summed E-state index contributed by atoms with van der Waals surface area (Å²) in [5.74, 6) is -1.64. The normalized spacial score (nSPS) is 11.3. The zero-order valence-corrected chi connectivity index (χ0v) is 22.2. The van der Waals surface area contributed by atoms with Gasteiger partial charge in [-0.3, -0.25) is 4.79 Å². The standard InChI is InChI=1S/C30H25Cl2N3O4/c31-23-10-6-11-24(32)27(23)28(36)33-22-15-13-20(14-16-22)18-26(29(37)38)35-30(39)34-25-12-5-4-9-21(25)17-19-7-2-1-3-8-19/h1-16,26H,17-18H2,(H,33,36)(H,37,38)(H2,34,35,39). The van der Waals surface area contributed by atoms with Crippen molar-refractivity contribution >= 4 is 52.5 Å². The minimum atomic E-state index is -1.17. The first-order valence-electron chi connectivity index (χ1n) is 12.1. The van der Waals surface area contributed by atoms with Crippen molar-refractivity contribution in [3.05, 3.63) is 129 Å². The second-order valence-corrected chi connectivity index (χ2v) is 9.58. The van der Waals surface area contributed by atoms with Gasteiger partial charge < -0.3 is 21.1 Å². The fourth-order valence-electron chi connectivity index (χ4n) is 4.00. The number of urea groups is 1. The van der Waals surface area contributed by atoms with Gasteiger partial charge in [0, 0.05) is 17.8 Å². The summed E-state index contributed by atoms with van der Waals surface area (Å²) in [6.45, 7) is 0. The van der Waals surface area contributed by atoms with E-state index in [1.165, 1.54) is 0 Å². The largest absolute Gasteiger partial charge is 0.480 e. The number of nitrogens with one attached hydrogen (secondary N) is 3. The van der Waals surface area contributed by atoms with Gasteiger partial charge in [-0.05, 0) is 53.4 Å². The fraction of sp³-hybridized carbons (Fsp3) is 0.100. The molecule has 3 amide bonds. The number of hydrogen-bond donors (Lipinski definition) is 4. The number of halogens is 2. The number of rotatable bonds is 9. The van der Waals surface area contributed by atoms with Crippen LogP contribution in [0.4, 0.5) is 16.2 Å². The van der Waals surface area contributed by atoms with Gasteiger partial charge in [-0.15, -0.1) is 0 Å². The molecule has 39 heavy (non-hydrogen) atoms. The summed E-state index contributed by atoms with van der Waals surface area (Å²) in [4.78, 5) is 37.2. The van der Waals surface area contributed by atoms with Crippen LogP contribution in [0.5, 0.6) is 0 Å². The minimum absolute atomic E-state index is 0.0407. The Bertz CT molecular complexity index is 1460. The predicted octanol–water partition coefficient (Wildman–Crippen LogP) is 6.65. The van der Waals surface area contributed by atoms with Crippen molar-refractivity contribution < 1.29 is 19.5 Å². The molecule has 7 nitrogen and oxygen atoms in total. The van der Waals surface area contributed by atoms with Crippen LogP contribution in [0.15, 0.2) is 97.1 Å². The number of hydrogen-bond acceptors (Lipinski definition) is 3. The quantitative estimate of drug-likeness (QED) is 0.183. The summed E-state index contributed by atoms with van der Waals surface area (Å²) in [5, 5.41) is 18.2. The Hall–Kier alpha value is -4.33. The third-order valence-corrected chi connectivity index (χ3v) is 6.58. The van der Waals surface area contributed by atoms with Crippen molar-refractivity contribution in [1.29, 1.82) is 0 Å². The highest BCUT2D eigenvalue weighted by Crippen LogP contribution is 2.25. The lowest BCUT2D eigenvalue weighted by Gasteiger charge is -2.17. The van der Waals surface area contributed by atoms with E-state index in [0.29, 0.717) is 23.4 Å². The second-order valence-electron chi connectivity index (χ2n) is 8.76. The van der Waals surface area contributed by atoms with Crippen LogP contribution >= 0.6 is 23.2 Å². The molecular weight excluding hydrogens is 537 g/mol. The molecule has 0 heterocycles. The lowest BCUT2D eigenvalue weighted by atomic mass is 10.0. The van der Waals surface area contributed by atoms with Crippen molar-refractivity contribution in [1.82, 2.24) is 5.32 Å². The van der Waals surface area contributed by atoms with E-state index in [-0.39, 0.29) is 22.0 Å². The van der Waals surface area contributed by atoms with Crippen LogP contribution in [0, 0.1) is 0 Å². The van der Waals surface area contributed by atoms with E-state index in [0.717, 1.165) is 11.1 Å². The number of para-hydroxylation sites is 1. The van der Waals surface area contributed by atoms with Gasteiger partial charge in [-0.25, -0.2) is 9.59 Å². The first-order valence-corrected chi connectivity index (χ1v) is 12.8. The van der Waals surface area contributed by atoms with E-state index in [1.807, 2.05) is 42.5 Å². The molecule has 0 saturated heterocycles. The maximum absolute atomic E-state index is 12.7. The number of carboxylic acids is 1. The molecule has 4 aromatic carbocycles. The van der Waals surface area contributed by atoms with E-state index in [2.05, 4.69) is 16.0 Å². The van der Waals surface area contributed by atoms with Gasteiger partial charge in [0.25, 0.3) is 5.91 Å². The molecule has 0 aliphatic heterocycles. The molecule has 198 valence electrons. The molecule has 0 fully saturated rings. The van der Waals surface area contributed by atoms with Gasteiger partial charge >= 0.3 is 12.0 Å². The van der Waals surface area contributed by atoms with Crippen molar-refractivity contribution in [2.24, 2.45) is 0 Å². The molecule has 0 aliphatic carbocycles. The van der Waals surface area contributed by atoms with E-state index >= 15 is 0 Å². The number of carbonyl (C=O) groups is 3. The minimum Gasteiger partial charge on any atom is -0.480 e. The molecule has 0 bridgehead atoms. The Morgan fingerprint density at radius 3 is 2.03 bits per heavy atom. The molecule has 0 aromatic heterocycles. The van der Waals surface area contributed by atoms with Gasteiger partial charge in [0.1, 0.15) is 6.04 Å². The highest BCUT2D eigenvalue weighted by atomic mass is 35.5. The Morgan fingerprint density at radius 2 is 1.36 bits per heavy atom. The van der Waals surface area contributed by atoms with Crippen molar-refractivity contribution in [2.75, 3.05) is 10.6 Å². The Labute approximate surface area is 235 Å². The van der Waals surface area contributed by atoms with Crippen molar-refractivity contribution in [2.45, 2.75) is 18.9 Å². The van der Waals surface area contributed by atoms with E-state index in [4.69, 9.17) is 23.2 Å². The van der Waals surface area contributed by atoms with E-state index in [9.17, 15) is 19.5 Å². The van der Waals surface area contributed by atoms with Crippen LogP contribution < -0.4 is 16.0 Å². The lowest BCUT2D eigenvalue weighted by molar-refractivity contribution is -0.139. The molecule has 1 atom stereocenters. The first kappa shape index (κ1) is 27.7. The summed E-state index contributed by atoms with van der Waals surface area (Å²) in [5.41, 5.74) is 3.89. The highest BCUT2D eigenvalue weighted by Gasteiger charge is 2.21. The van der Waals surface area contributed by atoms with Crippen LogP contribution in [-0.2, 0) is 17.6 Å². The first-order chi connectivity index (χ1) is 18.8. The number of carboxylic acid groups (broad SMARTS) is 1. The molecule has 0 saturated carbocycles. The highest BCUT2D eigenvalue weighted by molar-refractivity contribution is 6.40. The number of anilines is 2. The zero-order valence-electron chi connectivity index (χ0n) is 20.7. The molecule has 0 radical (unpaired) electrons. The maximum Gasteiger partial charge on any atom is 0.326 e. The second kappa shape index (κ2) is 13.0. The third-order valence-electron chi connectivity index (χ3n) is 5.95. The van der Waals surface area contributed by atoms with Gasteiger partial charge in [0.05, 0.1) is 15.6 Å². The molecule has 1 unspecified atom stereocenters. The summed E-state index contributed by atoms with van der Waals surface area (Å²) < 4.78 is 0. The summed E-state index contributed by atoms with van der Waals surface area (Å²) >= 11 is 12.2. The Balaban J connectivity index is 1.38. The van der Waals surface area contributed by atoms with Crippen LogP contribution in [0.3, 0.4) is 0 Å². The number of benzene rings is 4. The SMILES string of the molecule is O=C(Nc1ccccc1Cc1ccccc1)NC(Cc1ccc(NC(=O)c2c(Cl)cccc2Cl)cc1)C(=O)O. The molecule has 0 aliphatic rings. The summed E-state index contributed by atoms with van der Waals surface area (Å²) in [7, 11) is 0. The van der Waals surface area contributed by atoms with Crippen molar-refractivity contribution in [3.63, 3.8) is 0 Å². The van der Waals surface area contributed by atoms with Crippen LogP contribution in [0.2, 0.25) is 10.0 Å². The average molecular weight is 562 g/mol. The van der Waals surface area contributed by atoms with E-state index < -0.39 is 23.9 Å². The molecule has 4 rings (SSSR count). The van der Waals surface area contributed by atoms with Crippen LogP contribution in [0.25, 0.3) is 0 Å². The number of carbonyl (C=O) groups excluding carboxylic acids is 2. The number of amides is 3. The topological polar surface area (TPSA) is 108 Å². The van der Waals surface area contributed by atoms with Gasteiger partial charge in [0.15, 0.2) is 0 Å². The summed E-state index contributed by atoms with van der Waals surface area (Å²) in [6, 6.07) is 26.8. The maximum atomic E-state index is 12.7.